The van der Waals surface area contributed by atoms with Crippen LogP contribution in [0.5, 0.6) is 0 Å². The Kier molecular flexibility index (Phi) is 1.51. The molecule has 10 heavy (non-hydrogen) atoms. The van der Waals surface area contributed by atoms with E-state index in [-0.39, 0.29) is 0 Å². The van der Waals surface area contributed by atoms with E-state index in [1.165, 1.54) is 37.8 Å². The molecule has 0 amide bonds. The zero-order chi connectivity index (χ0) is 6.97. The molecule has 0 aromatic heterocycles. The highest BCUT2D eigenvalue weighted by atomic mass is 14.8. The van der Waals surface area contributed by atoms with Gasteiger partial charge in [-0.2, -0.15) is 0 Å². The number of fused-ring (bicyclic) bond motifs is 1. The summed E-state index contributed by atoms with van der Waals surface area (Å²) in [5, 5.41) is 0. The van der Waals surface area contributed by atoms with Crippen molar-refractivity contribution in [1.82, 2.24) is 0 Å². The number of hydrogen-bond acceptors (Lipinski definition) is 1. The van der Waals surface area contributed by atoms with Crippen LogP contribution in [0.4, 0.5) is 0 Å². The molecule has 0 bridgehead atoms. The summed E-state index contributed by atoms with van der Waals surface area (Å²) in [6.45, 7) is 2.18. The average Bonchev–Trinajstić information content (AvgIpc) is 2.27. The Morgan fingerprint density at radius 2 is 2.10 bits per heavy atom. The van der Waals surface area contributed by atoms with E-state index in [1.54, 1.807) is 0 Å². The minimum absolute atomic E-state index is 0.730. The lowest BCUT2D eigenvalue weighted by Gasteiger charge is -2.22. The minimum atomic E-state index is 0.730. The summed E-state index contributed by atoms with van der Waals surface area (Å²) in [4.78, 5) is 4.63. The van der Waals surface area contributed by atoms with E-state index >= 15 is 0 Å². The van der Waals surface area contributed by atoms with Crippen molar-refractivity contribution in [3.63, 3.8) is 0 Å². The smallest absolute Gasteiger partial charge is 0.0530 e. The fourth-order valence-corrected chi connectivity index (χ4v) is 2.31. The van der Waals surface area contributed by atoms with Crippen molar-refractivity contribution in [3.05, 3.63) is 0 Å². The molecule has 0 aromatic carbocycles. The molecule has 1 nitrogen and oxygen atoms in total. The van der Waals surface area contributed by atoms with Crippen LogP contribution in [0.2, 0.25) is 0 Å². The van der Waals surface area contributed by atoms with Crippen LogP contribution in [-0.2, 0) is 0 Å². The minimum Gasteiger partial charge on any atom is -0.291 e. The number of aliphatic imine (C=N–C) groups is 1. The Labute approximate surface area is 62.5 Å². The second-order valence-corrected chi connectivity index (χ2v) is 3.68. The van der Waals surface area contributed by atoms with E-state index in [9.17, 15) is 0 Å². The van der Waals surface area contributed by atoms with Crippen LogP contribution in [-0.4, -0.2) is 11.8 Å². The first-order valence-corrected chi connectivity index (χ1v) is 4.39. The molecule has 1 aliphatic heterocycles. The van der Waals surface area contributed by atoms with Crippen LogP contribution in [0.3, 0.4) is 0 Å². The second-order valence-electron chi connectivity index (χ2n) is 3.68. The molecule has 2 rings (SSSR count). The maximum atomic E-state index is 4.63. The van der Waals surface area contributed by atoms with Crippen LogP contribution in [0.15, 0.2) is 4.99 Å². The van der Waals surface area contributed by atoms with Gasteiger partial charge in [-0.05, 0) is 32.1 Å². The maximum absolute atomic E-state index is 4.63. The molecular weight excluding hydrogens is 122 g/mol. The summed E-state index contributed by atoms with van der Waals surface area (Å²) in [6.07, 6.45) is 6.96. The van der Waals surface area contributed by atoms with E-state index in [2.05, 4.69) is 11.9 Å². The third-order valence-electron chi connectivity index (χ3n) is 2.81. The van der Waals surface area contributed by atoms with Crippen LogP contribution in [0.25, 0.3) is 0 Å². The summed E-state index contributed by atoms with van der Waals surface area (Å²) in [6, 6.07) is 0.730. The fourth-order valence-electron chi connectivity index (χ4n) is 2.31. The molecule has 1 saturated carbocycles. The lowest BCUT2D eigenvalue weighted by molar-refractivity contribution is 0.337. The Bertz CT molecular complexity index is 160. The molecule has 1 heterocycles. The van der Waals surface area contributed by atoms with Gasteiger partial charge in [0.1, 0.15) is 0 Å². The Morgan fingerprint density at radius 1 is 1.30 bits per heavy atom. The third kappa shape index (κ3) is 0.979. The van der Waals surface area contributed by atoms with Gasteiger partial charge in [-0.15, -0.1) is 0 Å². The van der Waals surface area contributed by atoms with E-state index < -0.39 is 0 Å². The van der Waals surface area contributed by atoms with Gasteiger partial charge in [-0.3, -0.25) is 4.99 Å². The SMILES string of the molecule is CC1=NC2CCCCC2C1. The molecule has 0 aromatic rings. The van der Waals surface area contributed by atoms with Crippen LogP contribution in [0, 0.1) is 5.92 Å². The van der Waals surface area contributed by atoms with E-state index in [4.69, 9.17) is 0 Å². The highest BCUT2D eigenvalue weighted by Gasteiger charge is 2.29. The van der Waals surface area contributed by atoms with Gasteiger partial charge >= 0.3 is 0 Å². The first kappa shape index (κ1) is 6.38. The van der Waals surface area contributed by atoms with Crippen LogP contribution in [0.1, 0.15) is 39.0 Å². The van der Waals surface area contributed by atoms with Crippen molar-refractivity contribution in [2.75, 3.05) is 0 Å². The van der Waals surface area contributed by atoms with Crippen LogP contribution >= 0.6 is 0 Å². The first-order chi connectivity index (χ1) is 4.86. The van der Waals surface area contributed by atoms with Gasteiger partial charge in [0.25, 0.3) is 0 Å². The number of hydrogen-bond donors (Lipinski definition) is 0. The van der Waals surface area contributed by atoms with Crippen molar-refractivity contribution in [2.24, 2.45) is 10.9 Å². The summed E-state index contributed by atoms with van der Waals surface area (Å²) < 4.78 is 0. The lowest BCUT2D eigenvalue weighted by Crippen LogP contribution is -2.18. The van der Waals surface area contributed by atoms with Crippen molar-refractivity contribution >= 4 is 5.71 Å². The molecule has 1 heteroatoms. The van der Waals surface area contributed by atoms with Gasteiger partial charge in [0.2, 0.25) is 0 Å². The molecule has 0 N–H and O–H groups in total. The zero-order valence-corrected chi connectivity index (χ0v) is 6.64. The number of nitrogens with zero attached hydrogens (tertiary/aromatic N) is 1. The Balaban J connectivity index is 2.06. The van der Waals surface area contributed by atoms with Gasteiger partial charge < -0.3 is 0 Å². The molecule has 2 unspecified atom stereocenters. The molecular formula is C9H15N. The molecule has 56 valence electrons. The van der Waals surface area contributed by atoms with Crippen molar-refractivity contribution in [3.8, 4) is 0 Å². The van der Waals surface area contributed by atoms with Crippen LogP contribution < -0.4 is 0 Å². The van der Waals surface area contributed by atoms with Gasteiger partial charge in [0.15, 0.2) is 0 Å². The monoisotopic (exact) mass is 137 g/mol. The molecule has 1 aliphatic carbocycles. The highest BCUT2D eigenvalue weighted by molar-refractivity contribution is 5.84. The molecule has 0 radical (unpaired) electrons. The fraction of sp³-hybridized carbons (Fsp3) is 0.889. The van der Waals surface area contributed by atoms with Crippen molar-refractivity contribution in [2.45, 2.75) is 45.1 Å². The summed E-state index contributed by atoms with van der Waals surface area (Å²) in [7, 11) is 0. The molecule has 0 saturated heterocycles. The third-order valence-corrected chi connectivity index (χ3v) is 2.81. The molecule has 1 fully saturated rings. The summed E-state index contributed by atoms with van der Waals surface area (Å²) in [5.74, 6) is 0.939. The summed E-state index contributed by atoms with van der Waals surface area (Å²) in [5.41, 5.74) is 1.40. The Hall–Kier alpha value is -0.330. The molecule has 2 aliphatic rings. The van der Waals surface area contributed by atoms with Gasteiger partial charge in [0.05, 0.1) is 6.04 Å². The van der Waals surface area contributed by atoms with Gasteiger partial charge in [0, 0.05) is 5.71 Å². The summed E-state index contributed by atoms with van der Waals surface area (Å²) >= 11 is 0. The highest BCUT2D eigenvalue weighted by Crippen LogP contribution is 2.33. The lowest BCUT2D eigenvalue weighted by atomic mass is 9.84. The number of rotatable bonds is 0. The predicted octanol–water partition coefficient (Wildman–Crippen LogP) is 2.41. The normalized spacial score (nSPS) is 39.1. The quantitative estimate of drug-likeness (QED) is 0.486. The topological polar surface area (TPSA) is 12.4 Å². The molecule has 2 atom stereocenters. The Morgan fingerprint density at radius 3 is 2.90 bits per heavy atom. The standard InChI is InChI=1S/C9H15N/c1-7-6-8-4-2-3-5-9(8)10-7/h8-9H,2-6H2,1H3. The maximum Gasteiger partial charge on any atom is 0.0530 e. The van der Waals surface area contributed by atoms with Crippen molar-refractivity contribution in [1.29, 1.82) is 0 Å². The second kappa shape index (κ2) is 2.37. The van der Waals surface area contributed by atoms with E-state index in [0.717, 1.165) is 12.0 Å². The largest absolute Gasteiger partial charge is 0.291 e. The zero-order valence-electron chi connectivity index (χ0n) is 6.64. The van der Waals surface area contributed by atoms with E-state index in [0.29, 0.717) is 0 Å². The van der Waals surface area contributed by atoms with Gasteiger partial charge in [-0.1, -0.05) is 12.8 Å². The van der Waals surface area contributed by atoms with Gasteiger partial charge in [-0.25, -0.2) is 0 Å². The first-order valence-electron chi connectivity index (χ1n) is 4.39. The average molecular weight is 137 g/mol. The molecule has 0 spiro atoms. The predicted molar refractivity (Wildman–Crippen MR) is 43.5 cm³/mol. The van der Waals surface area contributed by atoms with E-state index in [1.807, 2.05) is 0 Å². The van der Waals surface area contributed by atoms with Crippen molar-refractivity contribution < 1.29 is 0 Å².